The van der Waals surface area contributed by atoms with E-state index in [0.29, 0.717) is 0 Å². The SMILES string of the molecule is CPPCPPCPPCPPC. The van der Waals surface area contributed by atoms with Crippen LogP contribution >= 0.6 is 66.2 Å². The molecule has 0 saturated heterocycles. The Bertz CT molecular complexity index is 78.6. The van der Waals surface area contributed by atoms with Gasteiger partial charge in [-0.15, -0.1) is 16.5 Å². The molecule has 0 N–H and O–H groups in total. The van der Waals surface area contributed by atoms with E-state index in [1.54, 1.807) is 17.7 Å². The minimum Gasteiger partial charge on any atom is -0.102 e. The van der Waals surface area contributed by atoms with Crippen LogP contribution in [0.4, 0.5) is 0 Å². The molecular formula is C5H20P8. The van der Waals surface area contributed by atoms with Gasteiger partial charge in [-0.05, 0) is 31.0 Å². The Labute approximate surface area is 97.1 Å². The minimum absolute atomic E-state index is 1.22. The highest BCUT2D eigenvalue weighted by molar-refractivity contribution is 8.26. The highest BCUT2D eigenvalue weighted by Gasteiger charge is 1.89. The lowest BCUT2D eigenvalue weighted by Gasteiger charge is -2.02. The number of rotatable bonds is 10. The normalized spacial score (nSPS) is 18.0. The van der Waals surface area contributed by atoms with Gasteiger partial charge >= 0.3 is 0 Å². The van der Waals surface area contributed by atoms with E-state index in [0.717, 1.165) is 0 Å². The van der Waals surface area contributed by atoms with Crippen molar-refractivity contribution in [3.63, 3.8) is 0 Å². The fourth-order valence-electron chi connectivity index (χ4n) is 0.559. The summed E-state index contributed by atoms with van der Waals surface area (Å²) in [6, 6.07) is 0. The van der Waals surface area contributed by atoms with E-state index in [1.165, 1.54) is 66.2 Å². The first-order chi connectivity index (χ1) is 6.41. The van der Waals surface area contributed by atoms with Gasteiger partial charge in [0.1, 0.15) is 0 Å². The molecule has 0 heterocycles. The quantitative estimate of drug-likeness (QED) is 0.382. The first-order valence-electron chi connectivity index (χ1n) is 4.12. The van der Waals surface area contributed by atoms with E-state index in [4.69, 9.17) is 0 Å². The van der Waals surface area contributed by atoms with Crippen LogP contribution in [0.15, 0.2) is 0 Å². The van der Waals surface area contributed by atoms with Crippen molar-refractivity contribution in [3.05, 3.63) is 0 Å². The fourth-order valence-corrected chi connectivity index (χ4v) is 22.3. The van der Waals surface area contributed by atoms with Gasteiger partial charge in [0, 0.05) is 0 Å². The predicted octanol–water partition coefficient (Wildman–Crippen LogP) is 5.21. The first-order valence-corrected chi connectivity index (χ1v) is 18.4. The van der Waals surface area contributed by atoms with Crippen LogP contribution in [-0.4, -0.2) is 31.0 Å². The van der Waals surface area contributed by atoms with Crippen molar-refractivity contribution in [2.75, 3.05) is 31.0 Å². The molecule has 0 fully saturated rings. The Hall–Kier alpha value is 3.44. The number of hydrogen-bond donors (Lipinski definition) is 0. The lowest BCUT2D eigenvalue weighted by atomic mass is 11.9. The maximum Gasteiger partial charge on any atom is -0.0102 e. The van der Waals surface area contributed by atoms with Crippen LogP contribution in [0.3, 0.4) is 0 Å². The summed E-state index contributed by atoms with van der Waals surface area (Å²) in [6.45, 7) is 4.67. The molecule has 13 heavy (non-hydrogen) atoms. The van der Waals surface area contributed by atoms with Gasteiger partial charge in [0.2, 0.25) is 0 Å². The Morgan fingerprint density at radius 2 is 0.846 bits per heavy atom. The monoisotopic (exact) mass is 328 g/mol. The molecule has 80 valence electrons. The average Bonchev–Trinajstić information content (AvgIpc) is 2.16. The third-order valence-corrected chi connectivity index (χ3v) is 19.8. The van der Waals surface area contributed by atoms with Gasteiger partial charge in [0.15, 0.2) is 0 Å². The maximum absolute atomic E-state index is 2.33. The molecule has 0 spiro atoms. The molecule has 0 rings (SSSR count). The summed E-state index contributed by atoms with van der Waals surface area (Å²) in [6.07, 6.45) is 0. The fraction of sp³-hybridized carbons (Fsp3) is 1.00. The second-order valence-corrected chi connectivity index (χ2v) is 18.8. The lowest BCUT2D eigenvalue weighted by Crippen LogP contribution is -1.54. The van der Waals surface area contributed by atoms with Crippen molar-refractivity contribution in [2.24, 2.45) is 0 Å². The molecule has 0 aromatic carbocycles. The maximum atomic E-state index is 2.33. The van der Waals surface area contributed by atoms with Gasteiger partial charge in [-0.25, -0.2) is 0 Å². The highest BCUT2D eigenvalue weighted by Crippen LogP contribution is 2.54. The third-order valence-electron chi connectivity index (χ3n) is 1.13. The molecule has 0 nitrogen and oxygen atoms in total. The van der Waals surface area contributed by atoms with E-state index >= 15 is 0 Å². The lowest BCUT2D eigenvalue weighted by molar-refractivity contribution is 2.23. The van der Waals surface area contributed by atoms with Crippen LogP contribution in [-0.2, 0) is 0 Å². The summed E-state index contributed by atoms with van der Waals surface area (Å²) in [5.74, 6) is 4.68. The molecule has 0 aromatic heterocycles. The van der Waals surface area contributed by atoms with Crippen molar-refractivity contribution in [2.45, 2.75) is 0 Å². The van der Waals surface area contributed by atoms with Crippen molar-refractivity contribution >= 4 is 66.2 Å². The summed E-state index contributed by atoms with van der Waals surface area (Å²) in [7, 11) is 10.3. The molecule has 0 amide bonds. The molecule has 8 heteroatoms. The Balaban J connectivity index is 2.76. The predicted molar refractivity (Wildman–Crippen MR) is 93.0 cm³/mol. The molecule has 8 unspecified atom stereocenters. The van der Waals surface area contributed by atoms with Crippen LogP contribution in [0, 0.1) is 0 Å². The van der Waals surface area contributed by atoms with Crippen molar-refractivity contribution < 1.29 is 0 Å². The topological polar surface area (TPSA) is 0 Å². The first kappa shape index (κ1) is 16.4. The Morgan fingerprint density at radius 3 is 1.15 bits per heavy atom. The molecule has 0 aromatic rings. The van der Waals surface area contributed by atoms with Crippen molar-refractivity contribution in [1.82, 2.24) is 0 Å². The van der Waals surface area contributed by atoms with Crippen molar-refractivity contribution in [3.8, 4) is 0 Å². The van der Waals surface area contributed by atoms with Gasteiger partial charge in [0.05, 0.1) is 0 Å². The molecule has 0 aliphatic heterocycles. The molecule has 0 bridgehead atoms. The summed E-state index contributed by atoms with van der Waals surface area (Å²) in [5.41, 5.74) is 0. The largest absolute Gasteiger partial charge is 0.102 e. The summed E-state index contributed by atoms with van der Waals surface area (Å²) in [4.78, 5) is 0. The van der Waals surface area contributed by atoms with Gasteiger partial charge in [-0.3, -0.25) is 0 Å². The average molecular weight is 328 g/mol. The summed E-state index contributed by atoms with van der Waals surface area (Å²) < 4.78 is 0. The highest BCUT2D eigenvalue weighted by atomic mass is 32.1. The third kappa shape index (κ3) is 15.4. The van der Waals surface area contributed by atoms with Crippen LogP contribution in [0.25, 0.3) is 0 Å². The van der Waals surface area contributed by atoms with E-state index in [1.807, 2.05) is 0 Å². The molecule has 0 aliphatic rings. The summed E-state index contributed by atoms with van der Waals surface area (Å²) >= 11 is 0. The number of hydrogen-bond acceptors (Lipinski definition) is 0. The van der Waals surface area contributed by atoms with Gasteiger partial charge < -0.3 is 0 Å². The molecule has 0 radical (unpaired) electrons. The smallest absolute Gasteiger partial charge is 0.0102 e. The van der Waals surface area contributed by atoms with Gasteiger partial charge in [-0.2, -0.15) is 0 Å². The Morgan fingerprint density at radius 1 is 0.538 bits per heavy atom. The van der Waals surface area contributed by atoms with Gasteiger partial charge in [-0.1, -0.05) is 49.6 Å². The minimum atomic E-state index is 1.22. The zero-order valence-corrected chi connectivity index (χ0v) is 16.1. The second kappa shape index (κ2) is 15.4. The van der Waals surface area contributed by atoms with Crippen LogP contribution in [0.5, 0.6) is 0 Å². The molecular weight excluding hydrogens is 308 g/mol. The molecule has 0 aliphatic carbocycles. The van der Waals surface area contributed by atoms with E-state index in [2.05, 4.69) is 13.3 Å². The van der Waals surface area contributed by atoms with Crippen LogP contribution in [0.1, 0.15) is 0 Å². The summed E-state index contributed by atoms with van der Waals surface area (Å²) in [5, 5.41) is 0. The standard InChI is InChI=1S/C5H20P8/c1-6-8-3-10-12-5-13-11-4-9-7-2/h6-13H,3-5H2,1-2H3. The zero-order chi connectivity index (χ0) is 9.78. The van der Waals surface area contributed by atoms with E-state index < -0.39 is 0 Å². The molecule has 8 atom stereocenters. The zero-order valence-electron chi connectivity index (χ0n) is 8.12. The Kier molecular flexibility index (Phi) is 19.5. The van der Waals surface area contributed by atoms with Crippen LogP contribution < -0.4 is 0 Å². The second-order valence-electron chi connectivity index (χ2n) is 2.09. The van der Waals surface area contributed by atoms with E-state index in [9.17, 15) is 0 Å². The van der Waals surface area contributed by atoms with Crippen LogP contribution in [0.2, 0.25) is 0 Å². The van der Waals surface area contributed by atoms with Crippen molar-refractivity contribution in [1.29, 1.82) is 0 Å². The molecule has 0 saturated carbocycles. The van der Waals surface area contributed by atoms with Gasteiger partial charge in [0.25, 0.3) is 0 Å². The van der Waals surface area contributed by atoms with E-state index in [-0.39, 0.29) is 0 Å².